The highest BCUT2D eigenvalue weighted by Crippen LogP contribution is 2.16. The Bertz CT molecular complexity index is 970. The van der Waals surface area contributed by atoms with E-state index in [0.717, 1.165) is 12.3 Å². The van der Waals surface area contributed by atoms with Crippen molar-refractivity contribution in [3.63, 3.8) is 0 Å². The Hall–Kier alpha value is -3.07. The number of rotatable bonds is 5. The van der Waals surface area contributed by atoms with Crippen LogP contribution >= 0.6 is 11.3 Å². The monoisotopic (exact) mass is 361 g/mol. The Morgan fingerprint density at radius 2 is 2.16 bits per heavy atom. The third-order valence-electron chi connectivity index (χ3n) is 3.11. The van der Waals surface area contributed by atoms with Gasteiger partial charge < -0.3 is 9.15 Å². The van der Waals surface area contributed by atoms with Crippen LogP contribution in [-0.4, -0.2) is 16.1 Å². The van der Waals surface area contributed by atoms with Crippen molar-refractivity contribution in [3.8, 4) is 5.75 Å². The van der Waals surface area contributed by atoms with Crippen LogP contribution < -0.4 is 15.5 Å². The van der Waals surface area contributed by atoms with Crippen LogP contribution in [0.5, 0.6) is 5.75 Å². The van der Waals surface area contributed by atoms with Crippen molar-refractivity contribution in [3.05, 3.63) is 69.0 Å². The largest absolute Gasteiger partial charge is 0.482 e. The number of aromatic nitrogens is 2. The Balaban J connectivity index is 1.69. The number of benzene rings is 1. The van der Waals surface area contributed by atoms with Crippen LogP contribution in [0.25, 0.3) is 0 Å². The Morgan fingerprint density at radius 3 is 2.84 bits per heavy atom. The molecule has 0 aliphatic heterocycles. The third kappa shape index (κ3) is 4.07. The Kier molecular flexibility index (Phi) is 4.85. The zero-order valence-electron chi connectivity index (χ0n) is 13.0. The van der Waals surface area contributed by atoms with Crippen LogP contribution in [0, 0.1) is 12.7 Å². The van der Waals surface area contributed by atoms with Gasteiger partial charge in [0.05, 0.1) is 0 Å². The predicted octanol–water partition coefficient (Wildman–Crippen LogP) is 2.77. The number of hydrogen-bond donors (Lipinski definition) is 1. The summed E-state index contributed by atoms with van der Waals surface area (Å²) in [5.74, 6) is -1.38. The topological polar surface area (TPSA) is 94.3 Å². The molecule has 0 fully saturated rings. The van der Waals surface area contributed by atoms with Crippen molar-refractivity contribution < 1.29 is 18.3 Å². The smallest absolute Gasteiger partial charge is 0.293 e. The van der Waals surface area contributed by atoms with Gasteiger partial charge in [-0.2, -0.15) is 0 Å². The van der Waals surface area contributed by atoms with E-state index in [0.29, 0.717) is 15.7 Å². The first-order valence-electron chi connectivity index (χ1n) is 7.13. The number of aryl methyl sites for hydroxylation is 1. The fourth-order valence-electron chi connectivity index (χ4n) is 1.90. The lowest BCUT2D eigenvalue weighted by Crippen LogP contribution is -2.15. The second-order valence-electron chi connectivity index (χ2n) is 4.93. The number of carbonyl (C=O) groups excluding carboxylic acids is 1. The minimum atomic E-state index is -0.631. The van der Waals surface area contributed by atoms with E-state index in [1.807, 2.05) is 0 Å². The van der Waals surface area contributed by atoms with E-state index >= 15 is 0 Å². The Morgan fingerprint density at radius 1 is 1.36 bits per heavy atom. The van der Waals surface area contributed by atoms with Crippen LogP contribution in [0.15, 0.2) is 45.8 Å². The molecule has 0 radical (unpaired) electrons. The predicted molar refractivity (Wildman–Crippen MR) is 88.3 cm³/mol. The highest BCUT2D eigenvalue weighted by molar-refractivity contribution is 7.15. The second-order valence-corrected chi connectivity index (χ2v) is 6.11. The van der Waals surface area contributed by atoms with E-state index in [2.05, 4.69) is 15.5 Å². The zero-order valence-corrected chi connectivity index (χ0v) is 13.8. The maximum absolute atomic E-state index is 13.5. The van der Waals surface area contributed by atoms with E-state index < -0.39 is 17.2 Å². The van der Waals surface area contributed by atoms with Gasteiger partial charge >= 0.3 is 0 Å². The number of nitrogens with one attached hydrogen (secondary N) is 1. The van der Waals surface area contributed by atoms with Gasteiger partial charge in [0.25, 0.3) is 5.91 Å². The lowest BCUT2D eigenvalue weighted by molar-refractivity contribution is 0.0993. The van der Waals surface area contributed by atoms with Crippen LogP contribution in [0.3, 0.4) is 0 Å². The molecule has 0 saturated carbocycles. The number of ether oxygens (including phenoxy) is 1. The van der Waals surface area contributed by atoms with Gasteiger partial charge in [-0.15, -0.1) is 10.2 Å². The number of carbonyl (C=O) groups is 1. The maximum Gasteiger partial charge on any atom is 0.293 e. The van der Waals surface area contributed by atoms with Crippen molar-refractivity contribution in [1.29, 1.82) is 0 Å². The fourth-order valence-corrected chi connectivity index (χ4v) is 2.49. The number of halogens is 1. The van der Waals surface area contributed by atoms with Gasteiger partial charge in [0.1, 0.15) is 23.7 Å². The highest BCUT2D eigenvalue weighted by Gasteiger charge is 2.14. The standard InChI is InChI=1S/C16H12FN3O4S/c1-9-19-20-16(25-9)18-15(22)13-6-12(21)14(8-24-13)23-7-10-4-2-3-5-11(10)17/h2-6,8H,7H2,1H3,(H,18,20,22). The molecule has 2 aromatic heterocycles. The molecule has 3 aromatic rings. The normalized spacial score (nSPS) is 10.5. The first-order chi connectivity index (χ1) is 12.0. The van der Waals surface area contributed by atoms with Gasteiger partial charge in [-0.05, 0) is 13.0 Å². The van der Waals surface area contributed by atoms with Gasteiger partial charge in [-0.3, -0.25) is 14.9 Å². The quantitative estimate of drug-likeness (QED) is 0.751. The second kappa shape index (κ2) is 7.22. The highest BCUT2D eigenvalue weighted by atomic mass is 32.1. The van der Waals surface area contributed by atoms with Gasteiger partial charge in [0.2, 0.25) is 16.3 Å². The molecule has 0 saturated heterocycles. The molecule has 0 bridgehead atoms. The Labute approximate surface area is 145 Å². The van der Waals surface area contributed by atoms with E-state index in [-0.39, 0.29) is 18.1 Å². The van der Waals surface area contributed by atoms with E-state index in [4.69, 9.17) is 9.15 Å². The summed E-state index contributed by atoms with van der Waals surface area (Å²) in [6, 6.07) is 7.06. The molecular weight excluding hydrogens is 349 g/mol. The molecule has 9 heteroatoms. The van der Waals surface area contributed by atoms with E-state index in [1.54, 1.807) is 25.1 Å². The summed E-state index contributed by atoms with van der Waals surface area (Å²) in [6.07, 6.45) is 1.02. The van der Waals surface area contributed by atoms with Gasteiger partial charge in [-0.25, -0.2) is 4.39 Å². The number of nitrogens with zero attached hydrogens (tertiary/aromatic N) is 2. The van der Waals surface area contributed by atoms with Crippen LogP contribution in [0.4, 0.5) is 9.52 Å². The van der Waals surface area contributed by atoms with Crippen molar-refractivity contribution in [1.82, 2.24) is 10.2 Å². The number of amides is 1. The van der Waals surface area contributed by atoms with Crippen molar-refractivity contribution in [2.45, 2.75) is 13.5 Å². The average molecular weight is 361 g/mol. The molecule has 0 atom stereocenters. The summed E-state index contributed by atoms with van der Waals surface area (Å²) in [5, 5.41) is 11.0. The lowest BCUT2D eigenvalue weighted by Gasteiger charge is -2.06. The minimum Gasteiger partial charge on any atom is -0.482 e. The average Bonchev–Trinajstić information content (AvgIpc) is 3.00. The summed E-state index contributed by atoms with van der Waals surface area (Å²) in [6.45, 7) is 1.61. The maximum atomic E-state index is 13.5. The summed E-state index contributed by atoms with van der Waals surface area (Å²) >= 11 is 1.19. The molecule has 0 unspecified atom stereocenters. The SMILES string of the molecule is Cc1nnc(NC(=O)c2cc(=O)c(OCc3ccccc3F)co2)s1. The molecule has 1 N–H and O–H groups in total. The molecule has 2 heterocycles. The molecule has 3 rings (SSSR count). The first-order valence-corrected chi connectivity index (χ1v) is 7.95. The summed E-state index contributed by atoms with van der Waals surface area (Å²) in [5.41, 5.74) is -0.253. The minimum absolute atomic E-state index is 0.119. The summed E-state index contributed by atoms with van der Waals surface area (Å²) < 4.78 is 23.9. The van der Waals surface area contributed by atoms with Crippen LogP contribution in [0.2, 0.25) is 0 Å². The molecule has 0 aliphatic rings. The van der Waals surface area contributed by atoms with Gasteiger partial charge in [0, 0.05) is 11.6 Å². The van der Waals surface area contributed by atoms with Crippen LogP contribution in [-0.2, 0) is 6.61 Å². The molecule has 7 nitrogen and oxygen atoms in total. The van der Waals surface area contributed by atoms with Crippen LogP contribution in [0.1, 0.15) is 21.1 Å². The molecular formula is C16H12FN3O4S. The lowest BCUT2D eigenvalue weighted by atomic mass is 10.2. The molecule has 0 spiro atoms. The third-order valence-corrected chi connectivity index (χ3v) is 3.86. The van der Waals surface area contributed by atoms with Gasteiger partial charge in [-0.1, -0.05) is 29.5 Å². The summed E-state index contributed by atoms with van der Waals surface area (Å²) in [7, 11) is 0. The van der Waals surface area contributed by atoms with E-state index in [9.17, 15) is 14.0 Å². The van der Waals surface area contributed by atoms with Crippen molar-refractivity contribution in [2.75, 3.05) is 5.32 Å². The molecule has 128 valence electrons. The van der Waals surface area contributed by atoms with Crippen molar-refractivity contribution >= 4 is 22.4 Å². The molecule has 1 aromatic carbocycles. The number of hydrogen-bond acceptors (Lipinski definition) is 7. The first kappa shape index (κ1) is 16.8. The zero-order chi connectivity index (χ0) is 17.8. The van der Waals surface area contributed by atoms with Gasteiger partial charge in [0.15, 0.2) is 5.76 Å². The fraction of sp³-hybridized carbons (Fsp3) is 0.125. The molecule has 0 aliphatic carbocycles. The molecule has 25 heavy (non-hydrogen) atoms. The molecule has 1 amide bonds. The van der Waals surface area contributed by atoms with Crippen molar-refractivity contribution in [2.24, 2.45) is 0 Å². The summed E-state index contributed by atoms with van der Waals surface area (Å²) in [4.78, 5) is 24.0. The number of anilines is 1. The van der Waals surface area contributed by atoms with E-state index in [1.165, 1.54) is 17.4 Å².